The number of hydrazine groups is 1. The fraction of sp³-hybridized carbons (Fsp3) is 0.450. The van der Waals surface area contributed by atoms with Crippen molar-refractivity contribution in [2.45, 2.75) is 19.8 Å². The summed E-state index contributed by atoms with van der Waals surface area (Å²) in [7, 11) is 0. The van der Waals surface area contributed by atoms with Crippen LogP contribution in [0.25, 0.3) is 0 Å². The number of halogens is 1. The van der Waals surface area contributed by atoms with Crippen LogP contribution < -0.4 is 25.2 Å². The van der Waals surface area contributed by atoms with Gasteiger partial charge in [0, 0.05) is 19.5 Å². The van der Waals surface area contributed by atoms with Crippen molar-refractivity contribution in [3.8, 4) is 11.5 Å². The zero-order chi connectivity index (χ0) is 21.8. The summed E-state index contributed by atoms with van der Waals surface area (Å²) in [4.78, 5) is 31.9. The summed E-state index contributed by atoms with van der Waals surface area (Å²) in [6.45, 7) is 5.58. The topological polar surface area (TPSA) is 102 Å². The summed E-state index contributed by atoms with van der Waals surface area (Å²) in [6.07, 6.45) is 0.786. The molecule has 2 aliphatic rings. The van der Waals surface area contributed by atoms with E-state index in [0.29, 0.717) is 59.1 Å². The van der Waals surface area contributed by atoms with Crippen molar-refractivity contribution in [1.29, 1.82) is 0 Å². The molecule has 0 aliphatic carbocycles. The van der Waals surface area contributed by atoms with Gasteiger partial charge >= 0.3 is 0 Å². The molecular weight excluding hydrogens is 444 g/mol. The maximum atomic E-state index is 12.5. The lowest BCUT2D eigenvalue weighted by Gasteiger charge is -2.25. The van der Waals surface area contributed by atoms with E-state index in [2.05, 4.69) is 20.7 Å². The highest BCUT2D eigenvalue weighted by Crippen LogP contribution is 2.38. The number of benzene rings is 1. The molecule has 1 aromatic heterocycles. The summed E-state index contributed by atoms with van der Waals surface area (Å²) < 4.78 is 16.6. The van der Waals surface area contributed by atoms with E-state index in [4.69, 9.17) is 25.8 Å². The number of fused-ring (bicyclic) bond motifs is 1. The second kappa shape index (κ2) is 9.71. The van der Waals surface area contributed by atoms with Gasteiger partial charge in [-0.25, -0.2) is 4.98 Å². The van der Waals surface area contributed by atoms with Gasteiger partial charge in [-0.1, -0.05) is 22.9 Å². The van der Waals surface area contributed by atoms with Crippen molar-refractivity contribution < 1.29 is 23.8 Å². The predicted molar refractivity (Wildman–Crippen MR) is 116 cm³/mol. The molecule has 2 amide bonds. The van der Waals surface area contributed by atoms with Gasteiger partial charge in [0.25, 0.3) is 5.91 Å². The molecule has 166 valence electrons. The summed E-state index contributed by atoms with van der Waals surface area (Å²) in [5, 5.41) is 1.17. The lowest BCUT2D eigenvalue weighted by atomic mass is 10.1. The van der Waals surface area contributed by atoms with Crippen molar-refractivity contribution in [1.82, 2.24) is 15.8 Å². The maximum Gasteiger partial charge on any atom is 0.281 e. The SMILES string of the molecule is Cc1nc(N2CCOCC2)sc1C(=O)NNC(=O)Cc1cc(Cl)c2c(c1)OCCCO2. The first-order valence-corrected chi connectivity index (χ1v) is 11.2. The molecule has 0 radical (unpaired) electrons. The van der Waals surface area contributed by atoms with E-state index in [1.165, 1.54) is 11.3 Å². The molecule has 1 fully saturated rings. The number of amides is 2. The highest BCUT2D eigenvalue weighted by molar-refractivity contribution is 7.17. The predicted octanol–water partition coefficient (Wildman–Crippen LogP) is 2.11. The Hall–Kier alpha value is -2.56. The third kappa shape index (κ3) is 5.20. The van der Waals surface area contributed by atoms with Crippen LogP contribution in [0.4, 0.5) is 5.13 Å². The first-order valence-electron chi connectivity index (χ1n) is 9.98. The molecular formula is C20H23ClN4O5S. The summed E-state index contributed by atoms with van der Waals surface area (Å²) in [5.74, 6) is 0.232. The van der Waals surface area contributed by atoms with Crippen LogP contribution in [0.3, 0.4) is 0 Å². The number of anilines is 1. The minimum absolute atomic E-state index is 0.0251. The molecule has 2 aliphatic heterocycles. The number of morpholine rings is 1. The average Bonchev–Trinajstić information content (AvgIpc) is 2.99. The summed E-state index contributed by atoms with van der Waals surface area (Å²) >= 11 is 7.57. The number of hydrogen-bond donors (Lipinski definition) is 2. The number of thiazole rings is 1. The Balaban J connectivity index is 1.35. The van der Waals surface area contributed by atoms with Gasteiger partial charge in [-0.3, -0.25) is 20.4 Å². The molecule has 0 unspecified atom stereocenters. The number of carbonyl (C=O) groups excluding carboxylic acids is 2. The van der Waals surface area contributed by atoms with Crippen LogP contribution in [0.1, 0.15) is 27.3 Å². The van der Waals surface area contributed by atoms with Gasteiger partial charge in [-0.2, -0.15) is 0 Å². The zero-order valence-corrected chi connectivity index (χ0v) is 18.6. The van der Waals surface area contributed by atoms with E-state index >= 15 is 0 Å². The van der Waals surface area contributed by atoms with Crippen molar-refractivity contribution in [3.63, 3.8) is 0 Å². The van der Waals surface area contributed by atoms with Crippen molar-refractivity contribution >= 4 is 39.9 Å². The smallest absolute Gasteiger partial charge is 0.281 e. The Labute approximate surface area is 188 Å². The van der Waals surface area contributed by atoms with Crippen LogP contribution >= 0.6 is 22.9 Å². The van der Waals surface area contributed by atoms with Gasteiger partial charge in [-0.15, -0.1) is 0 Å². The second-order valence-corrected chi connectivity index (χ2v) is 8.53. The van der Waals surface area contributed by atoms with E-state index in [-0.39, 0.29) is 12.3 Å². The van der Waals surface area contributed by atoms with Crippen LogP contribution in [0, 0.1) is 6.92 Å². The van der Waals surface area contributed by atoms with Crippen LogP contribution in [0.2, 0.25) is 5.02 Å². The minimum Gasteiger partial charge on any atom is -0.489 e. The first-order chi connectivity index (χ1) is 15.0. The lowest BCUT2D eigenvalue weighted by molar-refractivity contribution is -0.121. The third-order valence-corrected chi connectivity index (χ3v) is 6.31. The molecule has 2 aromatic rings. The molecule has 0 bridgehead atoms. The van der Waals surface area contributed by atoms with Crippen molar-refractivity contribution in [2.24, 2.45) is 0 Å². The molecule has 1 aromatic carbocycles. The molecule has 2 N–H and O–H groups in total. The molecule has 1 saturated heterocycles. The number of aromatic nitrogens is 1. The Bertz CT molecular complexity index is 977. The molecule has 11 heteroatoms. The average molecular weight is 467 g/mol. The Kier molecular flexibility index (Phi) is 6.79. The maximum absolute atomic E-state index is 12.5. The molecule has 3 heterocycles. The van der Waals surface area contributed by atoms with Gasteiger partial charge < -0.3 is 19.1 Å². The van der Waals surface area contributed by atoms with E-state index < -0.39 is 5.91 Å². The number of rotatable bonds is 4. The van der Waals surface area contributed by atoms with Crippen molar-refractivity contribution in [2.75, 3.05) is 44.4 Å². The molecule has 4 rings (SSSR count). The molecule has 9 nitrogen and oxygen atoms in total. The van der Waals surface area contributed by atoms with Gasteiger partial charge in [0.2, 0.25) is 5.91 Å². The largest absolute Gasteiger partial charge is 0.489 e. The second-order valence-electron chi connectivity index (χ2n) is 7.14. The van der Waals surface area contributed by atoms with Gasteiger partial charge in [-0.05, 0) is 24.6 Å². The number of nitrogens with one attached hydrogen (secondary N) is 2. The van der Waals surface area contributed by atoms with Gasteiger partial charge in [0.1, 0.15) is 4.88 Å². The number of nitrogens with zero attached hydrogens (tertiary/aromatic N) is 2. The van der Waals surface area contributed by atoms with E-state index in [9.17, 15) is 9.59 Å². The molecule has 31 heavy (non-hydrogen) atoms. The van der Waals surface area contributed by atoms with Crippen LogP contribution in [0.15, 0.2) is 12.1 Å². The quantitative estimate of drug-likeness (QED) is 0.665. The summed E-state index contributed by atoms with van der Waals surface area (Å²) in [5.41, 5.74) is 6.19. The Morgan fingerprint density at radius 2 is 1.94 bits per heavy atom. The molecule has 0 saturated carbocycles. The van der Waals surface area contributed by atoms with Crippen LogP contribution in [-0.4, -0.2) is 56.3 Å². The Morgan fingerprint density at radius 1 is 1.16 bits per heavy atom. The Morgan fingerprint density at radius 3 is 2.74 bits per heavy atom. The molecule has 0 spiro atoms. The highest BCUT2D eigenvalue weighted by Gasteiger charge is 2.21. The fourth-order valence-electron chi connectivity index (χ4n) is 3.28. The molecule has 0 atom stereocenters. The normalized spacial score (nSPS) is 15.9. The zero-order valence-electron chi connectivity index (χ0n) is 17.0. The van der Waals surface area contributed by atoms with Crippen molar-refractivity contribution in [3.05, 3.63) is 33.3 Å². The minimum atomic E-state index is -0.403. The monoisotopic (exact) mass is 466 g/mol. The lowest BCUT2D eigenvalue weighted by Crippen LogP contribution is -2.42. The van der Waals surface area contributed by atoms with E-state index in [1.54, 1.807) is 19.1 Å². The van der Waals surface area contributed by atoms with E-state index in [1.807, 2.05) is 0 Å². The number of hydrogen-bond acceptors (Lipinski definition) is 8. The number of aryl methyl sites for hydroxylation is 1. The number of carbonyl (C=O) groups is 2. The van der Waals surface area contributed by atoms with E-state index in [0.717, 1.165) is 24.6 Å². The van der Waals surface area contributed by atoms with Gasteiger partial charge in [0.05, 0.1) is 43.6 Å². The number of ether oxygens (including phenoxy) is 3. The third-order valence-electron chi connectivity index (χ3n) is 4.82. The standard InChI is InChI=1S/C20H23ClN4O5S/c1-12-18(31-20(22-12)25-3-7-28-8-4-25)19(27)24-23-16(26)11-13-9-14(21)17-15(10-13)29-5-2-6-30-17/h9-10H,2-8,11H2,1H3,(H,23,26)(H,24,27). The fourth-order valence-corrected chi connectivity index (χ4v) is 4.58. The van der Waals surface area contributed by atoms with Crippen LogP contribution in [-0.2, 0) is 16.0 Å². The first kappa shape index (κ1) is 21.7. The highest BCUT2D eigenvalue weighted by atomic mass is 35.5. The van der Waals surface area contributed by atoms with Gasteiger partial charge in [0.15, 0.2) is 16.6 Å². The van der Waals surface area contributed by atoms with Crippen LogP contribution in [0.5, 0.6) is 11.5 Å². The summed E-state index contributed by atoms with van der Waals surface area (Å²) in [6, 6.07) is 3.40.